The van der Waals surface area contributed by atoms with Crippen molar-refractivity contribution in [1.82, 2.24) is 0 Å². The SMILES string of the molecule is CC/C=C\C/C=C\C/C=C\C/C=C\C/C=C\C/C=C\C/C=C\C/C=C\C/C=C\C/C=C\CCCCCCCCC(=O)OC(COC(=O)CCCCCCCCCCCC/C=C\C/C=C\C/C=C\C/C=C\CC)COC(OCC[N+](C)(C)C)C(=O)O. The van der Waals surface area contributed by atoms with Gasteiger partial charge in [0, 0.05) is 12.8 Å². The number of carboxylic acid groups (broad SMARTS) is 1. The molecule has 2 unspecified atom stereocenters. The molecule has 0 fully saturated rings. The number of rotatable bonds is 59. The molecular weight excluding hydrogens is 1050 g/mol. The standard InChI is InChI=1S/C76H121NO8/c1-6-8-10-12-14-16-18-20-22-24-26-28-30-31-32-33-34-35-36-37-38-39-40-41-42-43-45-47-49-51-53-55-57-59-61-63-65-67-74(79)85-72(71-84-76(75(80)81)82-69-68-77(3,4)5)70-83-73(78)66-64-62-60-58-56-54-52-50-48-46-44-29-27-25-23-21-19-17-15-13-11-9-7-2/h8-11,14-17,20-23,26-29,31-32,34-35,37-38,40-41,43,45,49,51,72,76H,6-7,12-13,18-19,24-25,30,33,36,39,42,44,46-48,50,52-71H2,1-5H3/p+1/b10-8-,11-9-,16-14-,17-15-,22-20-,23-21-,28-26-,29-27-,32-31-,35-34-,38-37-,41-40-,45-43-,51-49-. The van der Waals surface area contributed by atoms with Gasteiger partial charge in [0.1, 0.15) is 13.2 Å². The highest BCUT2D eigenvalue weighted by Gasteiger charge is 2.25. The molecule has 0 aromatic rings. The minimum absolute atomic E-state index is 0.174. The van der Waals surface area contributed by atoms with Crippen molar-refractivity contribution in [2.24, 2.45) is 0 Å². The number of carbonyl (C=O) groups is 3. The third kappa shape index (κ3) is 66.0. The van der Waals surface area contributed by atoms with Gasteiger partial charge in [0.05, 0.1) is 34.4 Å². The average molecular weight is 1180 g/mol. The van der Waals surface area contributed by atoms with Gasteiger partial charge in [-0.05, 0) is 128 Å². The number of nitrogens with zero attached hydrogens (tertiary/aromatic N) is 1. The second kappa shape index (κ2) is 64.6. The van der Waals surface area contributed by atoms with Gasteiger partial charge in [-0.2, -0.15) is 0 Å². The van der Waals surface area contributed by atoms with Crippen molar-refractivity contribution in [2.45, 2.75) is 245 Å². The van der Waals surface area contributed by atoms with Gasteiger partial charge in [0.15, 0.2) is 6.10 Å². The van der Waals surface area contributed by atoms with Crippen LogP contribution in [0.4, 0.5) is 0 Å². The molecule has 0 rings (SSSR count). The van der Waals surface area contributed by atoms with Crippen LogP contribution in [-0.4, -0.2) is 87.4 Å². The Morgan fingerprint density at radius 3 is 0.941 bits per heavy atom. The lowest BCUT2D eigenvalue weighted by atomic mass is 10.1. The van der Waals surface area contributed by atoms with Crippen LogP contribution in [0.25, 0.3) is 0 Å². The molecule has 2 atom stereocenters. The minimum atomic E-state index is -1.53. The Bertz CT molecular complexity index is 2000. The molecule has 0 saturated carbocycles. The van der Waals surface area contributed by atoms with Crippen molar-refractivity contribution in [1.29, 1.82) is 0 Å². The van der Waals surface area contributed by atoms with E-state index in [1.807, 2.05) is 21.1 Å². The molecule has 0 aliphatic heterocycles. The number of carboxylic acids is 1. The number of likely N-dealkylation sites (N-methyl/N-ethyl adjacent to an activating group) is 1. The van der Waals surface area contributed by atoms with Crippen molar-refractivity contribution < 1.29 is 42.9 Å². The summed E-state index contributed by atoms with van der Waals surface area (Å²) in [6.07, 6.45) is 94.4. The fraction of sp³-hybridized carbons (Fsp3) is 0.592. The minimum Gasteiger partial charge on any atom is -0.477 e. The first-order valence-electron chi connectivity index (χ1n) is 33.3. The number of hydrogen-bond donors (Lipinski definition) is 1. The fourth-order valence-corrected chi connectivity index (χ4v) is 8.44. The number of esters is 2. The van der Waals surface area contributed by atoms with Crippen LogP contribution in [-0.2, 0) is 33.3 Å². The molecule has 0 radical (unpaired) electrons. The Morgan fingerprint density at radius 1 is 0.353 bits per heavy atom. The van der Waals surface area contributed by atoms with Gasteiger partial charge in [-0.3, -0.25) is 9.59 Å². The largest absolute Gasteiger partial charge is 0.477 e. The second-order valence-electron chi connectivity index (χ2n) is 22.7. The molecular formula is C76H122NO8+. The number of quaternary nitrogens is 1. The molecule has 0 aliphatic rings. The maximum absolute atomic E-state index is 12.9. The summed E-state index contributed by atoms with van der Waals surface area (Å²) in [6, 6.07) is 0. The summed E-state index contributed by atoms with van der Waals surface area (Å²) in [5.41, 5.74) is 0. The van der Waals surface area contributed by atoms with E-state index in [9.17, 15) is 19.5 Å². The first-order valence-corrected chi connectivity index (χ1v) is 33.3. The number of aliphatic carboxylic acids is 1. The van der Waals surface area contributed by atoms with E-state index in [1.165, 1.54) is 38.5 Å². The van der Waals surface area contributed by atoms with Crippen LogP contribution in [0.1, 0.15) is 232 Å². The molecule has 0 amide bonds. The molecule has 0 heterocycles. The molecule has 9 heteroatoms. The van der Waals surface area contributed by atoms with Gasteiger partial charge < -0.3 is 28.5 Å². The number of ether oxygens (including phenoxy) is 4. The second-order valence-corrected chi connectivity index (χ2v) is 22.7. The van der Waals surface area contributed by atoms with E-state index in [1.54, 1.807) is 0 Å². The maximum Gasteiger partial charge on any atom is 0.361 e. The topological polar surface area (TPSA) is 108 Å². The molecule has 0 spiro atoms. The lowest BCUT2D eigenvalue weighted by molar-refractivity contribution is -0.870. The van der Waals surface area contributed by atoms with Crippen molar-refractivity contribution in [3.8, 4) is 0 Å². The van der Waals surface area contributed by atoms with E-state index < -0.39 is 24.3 Å². The third-order valence-corrected chi connectivity index (χ3v) is 13.5. The fourth-order valence-electron chi connectivity index (χ4n) is 8.44. The maximum atomic E-state index is 12.9. The van der Waals surface area contributed by atoms with E-state index >= 15 is 0 Å². The van der Waals surface area contributed by atoms with Gasteiger partial charge in [-0.15, -0.1) is 0 Å². The summed E-state index contributed by atoms with van der Waals surface area (Å²) < 4.78 is 22.9. The summed E-state index contributed by atoms with van der Waals surface area (Å²) in [4.78, 5) is 37.6. The summed E-state index contributed by atoms with van der Waals surface area (Å²) in [7, 11) is 5.95. The van der Waals surface area contributed by atoms with Crippen molar-refractivity contribution >= 4 is 17.9 Å². The number of hydrogen-bond acceptors (Lipinski definition) is 7. The van der Waals surface area contributed by atoms with Gasteiger partial charge in [-0.1, -0.05) is 261 Å². The van der Waals surface area contributed by atoms with E-state index in [0.717, 1.165) is 161 Å². The molecule has 478 valence electrons. The lowest BCUT2D eigenvalue weighted by Crippen LogP contribution is -2.40. The Hall–Kier alpha value is -5.35. The quantitative estimate of drug-likeness (QED) is 0.0211. The predicted molar refractivity (Wildman–Crippen MR) is 363 cm³/mol. The lowest BCUT2D eigenvalue weighted by Gasteiger charge is -2.25. The molecule has 9 nitrogen and oxygen atoms in total. The molecule has 0 aliphatic carbocycles. The first-order chi connectivity index (χ1) is 41.6. The van der Waals surface area contributed by atoms with Crippen LogP contribution >= 0.6 is 0 Å². The Kier molecular flexibility index (Phi) is 60.6. The zero-order valence-corrected chi connectivity index (χ0v) is 54.4. The average Bonchev–Trinajstić information content (AvgIpc) is 3.48. The van der Waals surface area contributed by atoms with Crippen LogP contribution in [0.5, 0.6) is 0 Å². The normalized spacial score (nSPS) is 13.8. The summed E-state index contributed by atoms with van der Waals surface area (Å²) in [5, 5.41) is 9.73. The van der Waals surface area contributed by atoms with Crippen LogP contribution in [0.15, 0.2) is 170 Å². The monoisotopic (exact) mass is 1180 g/mol. The smallest absolute Gasteiger partial charge is 0.361 e. The molecule has 0 aromatic heterocycles. The van der Waals surface area contributed by atoms with Crippen LogP contribution in [0, 0.1) is 0 Å². The molecule has 0 bridgehead atoms. The van der Waals surface area contributed by atoms with Gasteiger partial charge >= 0.3 is 17.9 Å². The van der Waals surface area contributed by atoms with Crippen LogP contribution < -0.4 is 0 Å². The van der Waals surface area contributed by atoms with Crippen molar-refractivity contribution in [3.05, 3.63) is 170 Å². The van der Waals surface area contributed by atoms with E-state index in [4.69, 9.17) is 18.9 Å². The number of unbranched alkanes of at least 4 members (excludes halogenated alkanes) is 16. The summed E-state index contributed by atoms with van der Waals surface area (Å²) in [5.74, 6) is -2.05. The van der Waals surface area contributed by atoms with E-state index in [0.29, 0.717) is 17.4 Å². The molecule has 0 saturated heterocycles. The Morgan fingerprint density at radius 2 is 0.635 bits per heavy atom. The van der Waals surface area contributed by atoms with Gasteiger partial charge in [-0.25, -0.2) is 4.79 Å². The summed E-state index contributed by atoms with van der Waals surface area (Å²) >= 11 is 0. The zero-order chi connectivity index (χ0) is 61.9. The molecule has 1 N–H and O–H groups in total. The van der Waals surface area contributed by atoms with E-state index in [-0.39, 0.29) is 38.6 Å². The third-order valence-electron chi connectivity index (χ3n) is 13.5. The van der Waals surface area contributed by atoms with E-state index in [2.05, 4.69) is 184 Å². The molecule has 0 aromatic carbocycles. The zero-order valence-electron chi connectivity index (χ0n) is 54.4. The predicted octanol–water partition coefficient (Wildman–Crippen LogP) is 20.7. The summed E-state index contributed by atoms with van der Waals surface area (Å²) in [6.45, 7) is 4.61. The molecule has 85 heavy (non-hydrogen) atoms. The van der Waals surface area contributed by atoms with Gasteiger partial charge in [0.2, 0.25) is 0 Å². The first kappa shape index (κ1) is 79.7. The highest BCUT2D eigenvalue weighted by Crippen LogP contribution is 2.15. The highest BCUT2D eigenvalue weighted by atomic mass is 16.7. The highest BCUT2D eigenvalue weighted by molar-refractivity contribution is 5.71. The number of allylic oxidation sites excluding steroid dienone is 28. The Balaban J connectivity index is 4.26. The Labute approximate surface area is 520 Å². The number of carbonyl (C=O) groups excluding carboxylic acids is 2. The van der Waals surface area contributed by atoms with Crippen LogP contribution in [0.2, 0.25) is 0 Å². The van der Waals surface area contributed by atoms with Crippen molar-refractivity contribution in [3.63, 3.8) is 0 Å². The van der Waals surface area contributed by atoms with Crippen molar-refractivity contribution in [2.75, 3.05) is 47.5 Å². The van der Waals surface area contributed by atoms with Crippen LogP contribution in [0.3, 0.4) is 0 Å². The van der Waals surface area contributed by atoms with Gasteiger partial charge in [0.25, 0.3) is 6.29 Å².